The molecular formula is C15H16N4O2+. The molecule has 0 aliphatic heterocycles. The highest BCUT2D eigenvalue weighted by Crippen LogP contribution is 2.19. The second-order valence-electron chi connectivity index (χ2n) is 4.39. The Balaban J connectivity index is 1.86. The predicted molar refractivity (Wildman–Crippen MR) is 78.0 cm³/mol. The minimum absolute atomic E-state index is 0.148. The summed E-state index contributed by atoms with van der Waals surface area (Å²) in [5, 5.41) is 2.76. The highest BCUT2D eigenvalue weighted by atomic mass is 16.3. The van der Waals surface area contributed by atoms with Crippen LogP contribution in [0.15, 0.2) is 48.7 Å². The Hall–Kier alpha value is -2.76. The van der Waals surface area contributed by atoms with Crippen molar-refractivity contribution in [3.05, 3.63) is 71.2 Å². The van der Waals surface area contributed by atoms with E-state index in [-0.39, 0.29) is 17.2 Å². The third kappa shape index (κ3) is 4.38. The third-order valence-electron chi connectivity index (χ3n) is 2.87. The van der Waals surface area contributed by atoms with Crippen molar-refractivity contribution in [3.63, 3.8) is 0 Å². The molecule has 1 amide bonds. The number of carbonyl (C=O) groups is 1. The molecule has 0 atom stereocenters. The quantitative estimate of drug-likeness (QED) is 0.479. The van der Waals surface area contributed by atoms with Crippen LogP contribution in [0.1, 0.15) is 17.7 Å². The van der Waals surface area contributed by atoms with E-state index in [1.165, 1.54) is 0 Å². The molecule has 3 N–H and O–H groups in total. The number of pyridine rings is 1. The maximum Gasteiger partial charge on any atom is 0.295 e. The second kappa shape index (κ2) is 7.14. The summed E-state index contributed by atoms with van der Waals surface area (Å²) in [6.07, 6.45) is 3.51. The Morgan fingerprint density at radius 3 is 2.71 bits per heavy atom. The van der Waals surface area contributed by atoms with Gasteiger partial charge in [0.05, 0.1) is 17.1 Å². The van der Waals surface area contributed by atoms with Gasteiger partial charge in [-0.1, -0.05) is 24.3 Å². The Morgan fingerprint density at radius 1 is 1.24 bits per heavy atom. The number of nitrogens with one attached hydrogen (secondary N) is 1. The first-order valence-corrected chi connectivity index (χ1v) is 6.47. The van der Waals surface area contributed by atoms with Crippen molar-refractivity contribution >= 4 is 11.6 Å². The number of amides is 1. The molecule has 21 heavy (non-hydrogen) atoms. The lowest BCUT2D eigenvalue weighted by molar-refractivity contribution is -0.475. The van der Waals surface area contributed by atoms with Crippen molar-refractivity contribution in [2.75, 3.05) is 0 Å². The van der Waals surface area contributed by atoms with Gasteiger partial charge in [0.1, 0.15) is 0 Å². The van der Waals surface area contributed by atoms with Crippen molar-refractivity contribution in [2.45, 2.75) is 13.0 Å². The first kappa shape index (κ1) is 14.6. The smallest absolute Gasteiger partial charge is 0.295 e. The Morgan fingerprint density at radius 2 is 2.00 bits per heavy atom. The molecular weight excluding hydrogens is 268 g/mol. The molecule has 2 aromatic rings. The zero-order chi connectivity index (χ0) is 15.1. The first-order valence-electron chi connectivity index (χ1n) is 6.47. The fourth-order valence-corrected chi connectivity index (χ4v) is 1.83. The van der Waals surface area contributed by atoms with Crippen LogP contribution in [-0.4, -0.2) is 15.8 Å². The number of hydrazine groups is 1. The average Bonchev–Trinajstić information content (AvgIpc) is 2.52. The number of benzene rings is 1. The number of hydrogen-bond donors (Lipinski definition) is 2. The van der Waals surface area contributed by atoms with Gasteiger partial charge in [-0.2, -0.15) is 5.84 Å². The van der Waals surface area contributed by atoms with Crippen LogP contribution in [-0.2, 0) is 11.3 Å². The molecule has 1 heterocycles. The normalized spacial score (nSPS) is 10.1. The van der Waals surface area contributed by atoms with Gasteiger partial charge in [0.25, 0.3) is 5.69 Å². The number of rotatable bonds is 6. The molecule has 1 radical (unpaired) electrons. The Labute approximate surface area is 122 Å². The minimum atomic E-state index is -0.148. The predicted octanol–water partition coefficient (Wildman–Crippen LogP) is 1.62. The minimum Gasteiger partial charge on any atom is -0.350 e. The van der Waals surface area contributed by atoms with Crippen LogP contribution in [0.25, 0.3) is 0 Å². The fraction of sp³-hybridized carbons (Fsp3) is 0.133. The van der Waals surface area contributed by atoms with Crippen molar-refractivity contribution in [2.24, 2.45) is 5.84 Å². The van der Waals surface area contributed by atoms with Crippen molar-refractivity contribution < 1.29 is 9.66 Å². The SMILES string of the molecule is N[N+](=O)c1ccccc1[CH]CC(=O)NCc1ccccn1. The molecule has 0 aliphatic carbocycles. The lowest BCUT2D eigenvalue weighted by Gasteiger charge is -2.04. The molecule has 0 aliphatic rings. The van der Waals surface area contributed by atoms with E-state index in [1.54, 1.807) is 36.9 Å². The summed E-state index contributed by atoms with van der Waals surface area (Å²) in [6, 6.07) is 12.3. The van der Waals surface area contributed by atoms with Gasteiger partial charge in [-0.3, -0.25) is 9.78 Å². The second-order valence-corrected chi connectivity index (χ2v) is 4.39. The van der Waals surface area contributed by atoms with Crippen LogP contribution in [0, 0.1) is 11.3 Å². The first-order chi connectivity index (χ1) is 10.2. The lowest BCUT2D eigenvalue weighted by atomic mass is 10.1. The summed E-state index contributed by atoms with van der Waals surface area (Å²) in [6.45, 7) is 0.375. The van der Waals surface area contributed by atoms with Crippen LogP contribution in [0.3, 0.4) is 0 Å². The molecule has 6 heteroatoms. The van der Waals surface area contributed by atoms with E-state index >= 15 is 0 Å². The van der Waals surface area contributed by atoms with E-state index in [0.29, 0.717) is 17.8 Å². The summed E-state index contributed by atoms with van der Waals surface area (Å²) >= 11 is 0. The number of carbonyl (C=O) groups excluding carboxylic acids is 1. The van der Waals surface area contributed by atoms with Crippen LogP contribution < -0.4 is 11.2 Å². The number of para-hydroxylation sites is 1. The van der Waals surface area contributed by atoms with E-state index in [9.17, 15) is 9.70 Å². The van der Waals surface area contributed by atoms with Crippen molar-refractivity contribution in [1.82, 2.24) is 10.3 Å². The van der Waals surface area contributed by atoms with Gasteiger partial charge in [0, 0.05) is 30.7 Å². The maximum absolute atomic E-state index is 11.8. The largest absolute Gasteiger partial charge is 0.350 e. The standard InChI is InChI=1S/C15H15N4O2/c16-19(21)14-7-2-1-5-12(14)8-9-15(20)18-11-13-6-3-4-10-17-13/h1-8,10H,9,11H2,(H2-,16,18,20,21)/p+1. The topological polar surface area (TPSA) is 88.1 Å². The number of hydrogen-bond acceptors (Lipinski definition) is 3. The number of nitroso groups, excluding NO2 is 1. The van der Waals surface area contributed by atoms with Crippen LogP contribution >= 0.6 is 0 Å². The Bertz CT molecular complexity index is 629. The summed E-state index contributed by atoms with van der Waals surface area (Å²) in [5.41, 5.74) is 1.75. The van der Waals surface area contributed by atoms with Crippen LogP contribution in [0.2, 0.25) is 0 Å². The molecule has 1 aromatic heterocycles. The van der Waals surface area contributed by atoms with E-state index < -0.39 is 0 Å². The molecule has 0 unspecified atom stereocenters. The van der Waals surface area contributed by atoms with Crippen molar-refractivity contribution in [1.29, 1.82) is 0 Å². The third-order valence-corrected chi connectivity index (χ3v) is 2.87. The Kier molecular flexibility index (Phi) is 4.98. The van der Waals surface area contributed by atoms with E-state index in [4.69, 9.17) is 5.84 Å². The van der Waals surface area contributed by atoms with E-state index in [2.05, 4.69) is 10.3 Å². The monoisotopic (exact) mass is 284 g/mol. The zero-order valence-electron chi connectivity index (χ0n) is 11.4. The number of nitrogens with two attached hydrogens (primary N) is 1. The average molecular weight is 284 g/mol. The molecule has 0 bridgehead atoms. The summed E-state index contributed by atoms with van der Waals surface area (Å²) in [7, 11) is 0. The molecule has 0 spiro atoms. The highest BCUT2D eigenvalue weighted by molar-refractivity contribution is 5.78. The molecule has 0 saturated carbocycles. The van der Waals surface area contributed by atoms with Gasteiger partial charge >= 0.3 is 0 Å². The fourth-order valence-electron chi connectivity index (χ4n) is 1.83. The molecule has 107 valence electrons. The summed E-state index contributed by atoms with van der Waals surface area (Å²) in [5.74, 6) is 5.06. The highest BCUT2D eigenvalue weighted by Gasteiger charge is 2.15. The van der Waals surface area contributed by atoms with E-state index in [0.717, 1.165) is 5.69 Å². The summed E-state index contributed by atoms with van der Waals surface area (Å²) in [4.78, 5) is 27.4. The van der Waals surface area contributed by atoms with Gasteiger partial charge in [0.2, 0.25) is 5.91 Å². The number of nitrogens with zero attached hydrogens (tertiary/aromatic N) is 2. The van der Waals surface area contributed by atoms with Crippen molar-refractivity contribution in [3.8, 4) is 0 Å². The van der Waals surface area contributed by atoms with Gasteiger partial charge in [-0.15, -0.1) is 0 Å². The van der Waals surface area contributed by atoms with Gasteiger partial charge in [-0.25, -0.2) is 0 Å². The maximum atomic E-state index is 11.8. The number of aromatic nitrogens is 1. The molecule has 0 fully saturated rings. The molecule has 0 saturated heterocycles. The van der Waals surface area contributed by atoms with Gasteiger partial charge < -0.3 is 5.32 Å². The van der Waals surface area contributed by atoms with Crippen LogP contribution in [0.5, 0.6) is 0 Å². The molecule has 1 aromatic carbocycles. The lowest BCUT2D eigenvalue weighted by Crippen LogP contribution is -2.23. The molecule has 2 rings (SSSR count). The van der Waals surface area contributed by atoms with Gasteiger partial charge in [0.15, 0.2) is 4.87 Å². The summed E-state index contributed by atoms with van der Waals surface area (Å²) < 4.78 is 0. The van der Waals surface area contributed by atoms with E-state index in [1.807, 2.05) is 18.2 Å². The zero-order valence-corrected chi connectivity index (χ0v) is 11.4. The van der Waals surface area contributed by atoms with Gasteiger partial charge in [-0.05, 0) is 12.1 Å². The van der Waals surface area contributed by atoms with Crippen LogP contribution in [0.4, 0.5) is 5.69 Å². The molecule has 6 nitrogen and oxygen atoms in total.